The maximum absolute atomic E-state index is 6.27. The molecule has 2 heterocycles. The molecule has 0 unspecified atom stereocenters. The molecular weight excluding hydrogens is 224 g/mol. The molecule has 1 fully saturated rings. The standard InChI is InChI=1S/C16H22O2/c1-10-8-11(2)14-13(9-10)18-16(3,4)12-6-5-7-17-15(12)14/h8-9,12,15H,5-7H2,1-4H3/t12-,15-/m0/s1. The number of hydrogen-bond donors (Lipinski definition) is 0. The number of benzene rings is 1. The second kappa shape index (κ2) is 3.99. The summed E-state index contributed by atoms with van der Waals surface area (Å²) in [7, 11) is 0. The van der Waals surface area contributed by atoms with Crippen molar-refractivity contribution >= 4 is 0 Å². The van der Waals surface area contributed by atoms with Crippen molar-refractivity contribution in [2.24, 2.45) is 5.92 Å². The molecule has 0 aliphatic carbocycles. The molecule has 0 radical (unpaired) electrons. The van der Waals surface area contributed by atoms with E-state index in [4.69, 9.17) is 9.47 Å². The van der Waals surface area contributed by atoms with Crippen LogP contribution in [0.5, 0.6) is 5.75 Å². The van der Waals surface area contributed by atoms with Crippen LogP contribution in [0.15, 0.2) is 12.1 Å². The van der Waals surface area contributed by atoms with Gasteiger partial charge in [-0.15, -0.1) is 0 Å². The quantitative estimate of drug-likeness (QED) is 0.690. The normalized spacial score (nSPS) is 29.1. The number of fused-ring (bicyclic) bond motifs is 3. The van der Waals surface area contributed by atoms with Gasteiger partial charge in [-0.1, -0.05) is 6.07 Å². The lowest BCUT2D eigenvalue weighted by atomic mass is 9.75. The molecule has 0 spiro atoms. The topological polar surface area (TPSA) is 18.5 Å². The molecule has 0 aromatic heterocycles. The van der Waals surface area contributed by atoms with E-state index < -0.39 is 0 Å². The van der Waals surface area contributed by atoms with Crippen molar-refractivity contribution in [3.8, 4) is 5.75 Å². The predicted octanol–water partition coefficient (Wildman–Crippen LogP) is 3.94. The zero-order valence-electron chi connectivity index (χ0n) is 11.7. The lowest BCUT2D eigenvalue weighted by Gasteiger charge is -2.47. The molecule has 0 bridgehead atoms. The van der Waals surface area contributed by atoms with Crippen LogP contribution in [-0.2, 0) is 4.74 Å². The van der Waals surface area contributed by atoms with Crippen molar-refractivity contribution in [3.05, 3.63) is 28.8 Å². The molecule has 2 aliphatic heterocycles. The second-order valence-electron chi connectivity index (χ2n) is 6.24. The molecule has 1 aromatic rings. The first-order chi connectivity index (χ1) is 8.49. The van der Waals surface area contributed by atoms with Gasteiger partial charge in [-0.25, -0.2) is 0 Å². The fraction of sp³-hybridized carbons (Fsp3) is 0.625. The third-order valence-electron chi connectivity index (χ3n) is 4.37. The Morgan fingerprint density at radius 1 is 1.22 bits per heavy atom. The van der Waals surface area contributed by atoms with E-state index in [1.165, 1.54) is 23.1 Å². The zero-order valence-corrected chi connectivity index (χ0v) is 11.7. The van der Waals surface area contributed by atoms with Gasteiger partial charge in [0, 0.05) is 18.1 Å². The van der Waals surface area contributed by atoms with Crippen molar-refractivity contribution in [1.29, 1.82) is 0 Å². The highest BCUT2D eigenvalue weighted by atomic mass is 16.5. The molecule has 2 aliphatic rings. The summed E-state index contributed by atoms with van der Waals surface area (Å²) in [4.78, 5) is 0. The first-order valence-electron chi connectivity index (χ1n) is 6.91. The van der Waals surface area contributed by atoms with E-state index in [0.29, 0.717) is 5.92 Å². The van der Waals surface area contributed by atoms with Gasteiger partial charge in [-0.2, -0.15) is 0 Å². The monoisotopic (exact) mass is 246 g/mol. The molecule has 0 N–H and O–H groups in total. The van der Waals surface area contributed by atoms with Crippen molar-refractivity contribution < 1.29 is 9.47 Å². The predicted molar refractivity (Wildman–Crippen MR) is 72.0 cm³/mol. The molecule has 2 nitrogen and oxygen atoms in total. The van der Waals surface area contributed by atoms with Crippen LogP contribution in [0.4, 0.5) is 0 Å². The van der Waals surface area contributed by atoms with Gasteiger partial charge in [0.25, 0.3) is 0 Å². The highest BCUT2D eigenvalue weighted by molar-refractivity contribution is 5.47. The Bertz CT molecular complexity index is 476. The smallest absolute Gasteiger partial charge is 0.126 e. The molecule has 0 saturated carbocycles. The maximum Gasteiger partial charge on any atom is 0.126 e. The van der Waals surface area contributed by atoms with Gasteiger partial charge in [-0.3, -0.25) is 0 Å². The lowest BCUT2D eigenvalue weighted by molar-refractivity contribution is -0.117. The fourth-order valence-corrected chi connectivity index (χ4v) is 3.53. The zero-order chi connectivity index (χ0) is 12.9. The van der Waals surface area contributed by atoms with Gasteiger partial charge in [-0.05, 0) is 57.7 Å². The van der Waals surface area contributed by atoms with Crippen LogP contribution in [0.2, 0.25) is 0 Å². The minimum atomic E-state index is -0.127. The van der Waals surface area contributed by atoms with Gasteiger partial charge >= 0.3 is 0 Å². The van der Waals surface area contributed by atoms with Gasteiger partial charge < -0.3 is 9.47 Å². The van der Waals surface area contributed by atoms with Crippen LogP contribution < -0.4 is 4.74 Å². The molecular formula is C16H22O2. The van der Waals surface area contributed by atoms with E-state index in [0.717, 1.165) is 18.8 Å². The van der Waals surface area contributed by atoms with Crippen molar-refractivity contribution in [3.63, 3.8) is 0 Å². The summed E-state index contributed by atoms with van der Waals surface area (Å²) < 4.78 is 12.4. The minimum absolute atomic E-state index is 0.127. The van der Waals surface area contributed by atoms with Crippen LogP contribution in [0.3, 0.4) is 0 Å². The Balaban J connectivity index is 2.14. The van der Waals surface area contributed by atoms with Crippen molar-refractivity contribution in [2.45, 2.75) is 52.2 Å². The molecule has 98 valence electrons. The van der Waals surface area contributed by atoms with Crippen LogP contribution in [0, 0.1) is 19.8 Å². The minimum Gasteiger partial charge on any atom is -0.487 e. The number of ether oxygens (including phenoxy) is 2. The van der Waals surface area contributed by atoms with E-state index in [1.807, 2.05) is 0 Å². The summed E-state index contributed by atoms with van der Waals surface area (Å²) in [5.74, 6) is 1.50. The third-order valence-corrected chi connectivity index (χ3v) is 4.37. The molecule has 18 heavy (non-hydrogen) atoms. The molecule has 1 aromatic carbocycles. The summed E-state index contributed by atoms with van der Waals surface area (Å²) in [5.41, 5.74) is 3.72. The first kappa shape index (κ1) is 12.0. The van der Waals surface area contributed by atoms with Crippen molar-refractivity contribution in [2.75, 3.05) is 6.61 Å². The highest BCUT2D eigenvalue weighted by Gasteiger charge is 2.46. The summed E-state index contributed by atoms with van der Waals surface area (Å²) in [6, 6.07) is 4.38. The number of aryl methyl sites for hydroxylation is 2. The van der Waals surface area contributed by atoms with Crippen LogP contribution in [0.25, 0.3) is 0 Å². The van der Waals surface area contributed by atoms with Crippen LogP contribution in [0.1, 0.15) is 49.5 Å². The first-order valence-corrected chi connectivity index (χ1v) is 6.91. The van der Waals surface area contributed by atoms with Crippen LogP contribution in [-0.4, -0.2) is 12.2 Å². The van der Waals surface area contributed by atoms with E-state index in [1.54, 1.807) is 0 Å². The Hall–Kier alpha value is -1.02. The fourth-order valence-electron chi connectivity index (χ4n) is 3.53. The Labute approximate surface area is 109 Å². The summed E-state index contributed by atoms with van der Waals surface area (Å²) in [6.45, 7) is 9.56. The summed E-state index contributed by atoms with van der Waals surface area (Å²) in [5, 5.41) is 0. The number of hydrogen-bond acceptors (Lipinski definition) is 2. The lowest BCUT2D eigenvalue weighted by Crippen LogP contribution is -2.47. The summed E-state index contributed by atoms with van der Waals surface area (Å²) >= 11 is 0. The van der Waals surface area contributed by atoms with E-state index in [2.05, 4.69) is 39.8 Å². The van der Waals surface area contributed by atoms with Crippen LogP contribution >= 0.6 is 0 Å². The van der Waals surface area contributed by atoms with E-state index in [-0.39, 0.29) is 11.7 Å². The Morgan fingerprint density at radius 2 is 2.00 bits per heavy atom. The second-order valence-corrected chi connectivity index (χ2v) is 6.24. The molecule has 2 atom stereocenters. The molecule has 3 rings (SSSR count). The SMILES string of the molecule is Cc1cc(C)c2c(c1)OC(C)(C)[C@H]1CCCO[C@H]21. The van der Waals surface area contributed by atoms with E-state index in [9.17, 15) is 0 Å². The van der Waals surface area contributed by atoms with Gasteiger partial charge in [0.05, 0.1) is 6.10 Å². The van der Waals surface area contributed by atoms with Gasteiger partial charge in [0.15, 0.2) is 0 Å². The maximum atomic E-state index is 6.27. The Kier molecular flexibility index (Phi) is 2.67. The highest BCUT2D eigenvalue weighted by Crippen LogP contribution is 2.50. The molecule has 0 amide bonds. The van der Waals surface area contributed by atoms with E-state index >= 15 is 0 Å². The largest absolute Gasteiger partial charge is 0.487 e. The third kappa shape index (κ3) is 1.74. The molecule has 2 heteroatoms. The average molecular weight is 246 g/mol. The Morgan fingerprint density at radius 3 is 2.78 bits per heavy atom. The molecule has 1 saturated heterocycles. The van der Waals surface area contributed by atoms with Gasteiger partial charge in [0.1, 0.15) is 11.4 Å². The summed E-state index contributed by atoms with van der Waals surface area (Å²) in [6.07, 6.45) is 2.57. The van der Waals surface area contributed by atoms with Gasteiger partial charge in [0.2, 0.25) is 0 Å². The average Bonchev–Trinajstić information content (AvgIpc) is 2.27. The number of rotatable bonds is 0. The van der Waals surface area contributed by atoms with Crippen molar-refractivity contribution in [1.82, 2.24) is 0 Å².